The minimum Gasteiger partial charge on any atom is -0.494 e. The molecule has 0 aliphatic carbocycles. The molecule has 0 atom stereocenters. The van der Waals surface area contributed by atoms with Crippen molar-refractivity contribution in [3.8, 4) is 17.4 Å². The zero-order valence-electron chi connectivity index (χ0n) is 16.9. The number of ether oxygens (including phenoxy) is 2. The fourth-order valence-corrected chi connectivity index (χ4v) is 5.52. The number of benzene rings is 2. The van der Waals surface area contributed by atoms with E-state index in [2.05, 4.69) is 0 Å². The van der Waals surface area contributed by atoms with Gasteiger partial charge in [0, 0.05) is 11.6 Å². The molecular weight excluding hydrogens is 426 g/mol. The van der Waals surface area contributed by atoms with Crippen LogP contribution in [-0.4, -0.2) is 31.3 Å². The predicted molar refractivity (Wildman–Crippen MR) is 115 cm³/mol. The summed E-state index contributed by atoms with van der Waals surface area (Å²) in [6.45, 7) is 6.41. The summed E-state index contributed by atoms with van der Waals surface area (Å²) in [4.78, 5) is 12.0. The first-order valence-electron chi connectivity index (χ1n) is 9.40. The summed E-state index contributed by atoms with van der Waals surface area (Å²) in [5.41, 5.74) is 1.53. The lowest BCUT2D eigenvalue weighted by Crippen LogP contribution is -2.14. The molecule has 0 amide bonds. The summed E-state index contributed by atoms with van der Waals surface area (Å²) in [6, 6.07) is 11.4. The number of thiazole rings is 1. The summed E-state index contributed by atoms with van der Waals surface area (Å²) in [6.07, 6.45) is 0. The van der Waals surface area contributed by atoms with Crippen LogP contribution in [0.1, 0.15) is 25.0 Å². The van der Waals surface area contributed by atoms with Crippen LogP contribution in [-0.2, 0) is 16.4 Å². The van der Waals surface area contributed by atoms with Crippen LogP contribution in [0.15, 0.2) is 56.4 Å². The minimum absolute atomic E-state index is 0.0212. The second-order valence-electron chi connectivity index (χ2n) is 6.52. The molecule has 0 saturated heterocycles. The summed E-state index contributed by atoms with van der Waals surface area (Å²) in [5.74, 6) is 0.542. The third-order valence-electron chi connectivity index (χ3n) is 4.39. The lowest BCUT2D eigenvalue weighted by molar-refractivity contribution is 0.319. The topological polar surface area (TPSA) is 94.8 Å². The first-order valence-corrected chi connectivity index (χ1v) is 11.7. The third-order valence-corrected chi connectivity index (χ3v) is 7.63. The molecule has 0 spiro atoms. The average Bonchev–Trinajstić information content (AvgIpc) is 2.99. The maximum Gasteiger partial charge on any atom is 0.311 e. The Morgan fingerprint density at radius 1 is 1.03 bits per heavy atom. The number of rotatable bonds is 8. The van der Waals surface area contributed by atoms with Crippen LogP contribution in [0.3, 0.4) is 0 Å². The molecule has 9 heteroatoms. The van der Waals surface area contributed by atoms with E-state index in [4.69, 9.17) is 9.47 Å². The Kier molecular flexibility index (Phi) is 6.52. The van der Waals surface area contributed by atoms with Crippen molar-refractivity contribution < 1.29 is 23.0 Å². The largest absolute Gasteiger partial charge is 0.494 e. The van der Waals surface area contributed by atoms with Crippen molar-refractivity contribution in [1.82, 2.24) is 4.57 Å². The highest BCUT2D eigenvalue weighted by atomic mass is 32.2. The van der Waals surface area contributed by atoms with Gasteiger partial charge < -0.3 is 14.6 Å². The first kappa shape index (κ1) is 21.9. The Bertz CT molecular complexity index is 1190. The second kappa shape index (κ2) is 8.93. The summed E-state index contributed by atoms with van der Waals surface area (Å²) < 4.78 is 37.6. The number of hydrogen-bond acceptors (Lipinski definition) is 7. The molecule has 3 rings (SSSR count). The molecule has 0 radical (unpaired) electrons. The molecule has 3 aromatic rings. The van der Waals surface area contributed by atoms with Gasteiger partial charge in [-0.2, -0.15) is 0 Å². The molecule has 1 heterocycles. The zero-order valence-corrected chi connectivity index (χ0v) is 18.5. The Labute approximate surface area is 179 Å². The highest BCUT2D eigenvalue weighted by Crippen LogP contribution is 2.33. The van der Waals surface area contributed by atoms with Crippen molar-refractivity contribution in [3.05, 3.63) is 63.3 Å². The maximum absolute atomic E-state index is 12.9. The molecule has 160 valence electrons. The number of aromatic nitrogens is 1. The van der Waals surface area contributed by atoms with Gasteiger partial charge in [0.15, 0.2) is 4.21 Å². The Balaban J connectivity index is 2.01. The molecule has 30 heavy (non-hydrogen) atoms. The number of hydrogen-bond donors (Lipinski definition) is 1. The summed E-state index contributed by atoms with van der Waals surface area (Å²) >= 11 is 0.501. The standard InChI is InChI=1S/C21H23NO6S2/c1-4-27-16-9-8-15(18(12-16)28-5-2)13-22-19(23)20(29-21(22)24)30(25,26)17-10-6-14(3)7-11-17/h6-12,23H,4-5,13H2,1-3H3. The highest BCUT2D eigenvalue weighted by molar-refractivity contribution is 7.93. The van der Waals surface area contributed by atoms with E-state index in [0.29, 0.717) is 41.6 Å². The molecule has 2 aromatic carbocycles. The van der Waals surface area contributed by atoms with E-state index in [1.165, 1.54) is 12.1 Å². The van der Waals surface area contributed by atoms with E-state index >= 15 is 0 Å². The second-order valence-corrected chi connectivity index (χ2v) is 9.62. The van der Waals surface area contributed by atoms with Gasteiger partial charge in [-0.05, 0) is 45.0 Å². The zero-order chi connectivity index (χ0) is 21.9. The van der Waals surface area contributed by atoms with Crippen LogP contribution in [0.4, 0.5) is 0 Å². The van der Waals surface area contributed by atoms with Gasteiger partial charge >= 0.3 is 4.87 Å². The van der Waals surface area contributed by atoms with Crippen molar-refractivity contribution in [2.45, 2.75) is 36.4 Å². The van der Waals surface area contributed by atoms with E-state index in [-0.39, 0.29) is 15.6 Å². The molecule has 0 bridgehead atoms. The third kappa shape index (κ3) is 4.36. The molecular formula is C21H23NO6S2. The SMILES string of the molecule is CCOc1ccc(Cn2c(O)c(S(=O)(=O)c3ccc(C)cc3)sc2=O)c(OCC)c1. The fraction of sp³-hybridized carbons (Fsp3) is 0.286. The fourth-order valence-electron chi connectivity index (χ4n) is 2.90. The first-order chi connectivity index (χ1) is 14.3. The van der Waals surface area contributed by atoms with E-state index in [1.807, 2.05) is 20.8 Å². The molecule has 0 aliphatic heterocycles. The number of aryl methyl sites for hydroxylation is 1. The van der Waals surface area contributed by atoms with Crippen molar-refractivity contribution in [2.75, 3.05) is 13.2 Å². The van der Waals surface area contributed by atoms with Gasteiger partial charge in [0.25, 0.3) is 0 Å². The van der Waals surface area contributed by atoms with Crippen LogP contribution in [0.25, 0.3) is 0 Å². The maximum atomic E-state index is 12.9. The minimum atomic E-state index is -4.02. The van der Waals surface area contributed by atoms with Gasteiger partial charge in [0.1, 0.15) is 11.5 Å². The number of sulfone groups is 1. The Morgan fingerprint density at radius 2 is 1.70 bits per heavy atom. The molecule has 1 aromatic heterocycles. The predicted octanol–water partition coefficient (Wildman–Crippen LogP) is 3.60. The highest BCUT2D eigenvalue weighted by Gasteiger charge is 2.28. The van der Waals surface area contributed by atoms with Crippen molar-refractivity contribution in [3.63, 3.8) is 0 Å². The number of aromatic hydroxyl groups is 1. The molecule has 0 saturated carbocycles. The van der Waals surface area contributed by atoms with Gasteiger partial charge in [-0.25, -0.2) is 8.42 Å². The van der Waals surface area contributed by atoms with Gasteiger partial charge in [0.05, 0.1) is 24.7 Å². The molecule has 7 nitrogen and oxygen atoms in total. The van der Waals surface area contributed by atoms with Gasteiger partial charge in [-0.1, -0.05) is 29.0 Å². The molecule has 0 fully saturated rings. The Morgan fingerprint density at radius 3 is 2.33 bits per heavy atom. The van der Waals surface area contributed by atoms with Crippen LogP contribution in [0.2, 0.25) is 0 Å². The monoisotopic (exact) mass is 449 g/mol. The van der Waals surface area contributed by atoms with Crippen molar-refractivity contribution in [2.24, 2.45) is 0 Å². The lowest BCUT2D eigenvalue weighted by atomic mass is 10.2. The smallest absolute Gasteiger partial charge is 0.311 e. The van der Waals surface area contributed by atoms with Gasteiger partial charge in [-0.15, -0.1) is 0 Å². The number of nitrogens with zero attached hydrogens (tertiary/aromatic N) is 1. The van der Waals surface area contributed by atoms with E-state index in [9.17, 15) is 18.3 Å². The van der Waals surface area contributed by atoms with Crippen LogP contribution in [0.5, 0.6) is 17.4 Å². The van der Waals surface area contributed by atoms with Gasteiger partial charge in [0.2, 0.25) is 15.7 Å². The normalized spacial score (nSPS) is 11.4. The van der Waals surface area contributed by atoms with Crippen LogP contribution in [0, 0.1) is 6.92 Å². The summed E-state index contributed by atoms with van der Waals surface area (Å²) in [7, 11) is -4.02. The molecule has 0 unspecified atom stereocenters. The van der Waals surface area contributed by atoms with E-state index in [0.717, 1.165) is 10.1 Å². The Hall–Kier alpha value is -2.78. The van der Waals surface area contributed by atoms with Crippen LogP contribution >= 0.6 is 11.3 Å². The van der Waals surface area contributed by atoms with Crippen molar-refractivity contribution >= 4 is 21.2 Å². The summed E-state index contributed by atoms with van der Waals surface area (Å²) in [5, 5.41) is 10.6. The quantitative estimate of drug-likeness (QED) is 0.565. The molecule has 1 N–H and O–H groups in total. The molecule has 0 aliphatic rings. The van der Waals surface area contributed by atoms with E-state index < -0.39 is 20.6 Å². The lowest BCUT2D eigenvalue weighted by Gasteiger charge is -2.13. The van der Waals surface area contributed by atoms with Crippen LogP contribution < -0.4 is 14.3 Å². The van der Waals surface area contributed by atoms with E-state index in [1.54, 1.807) is 30.3 Å². The average molecular weight is 450 g/mol. The van der Waals surface area contributed by atoms with Gasteiger partial charge in [-0.3, -0.25) is 9.36 Å². The van der Waals surface area contributed by atoms with Crippen molar-refractivity contribution in [1.29, 1.82) is 0 Å².